The van der Waals surface area contributed by atoms with Gasteiger partial charge in [0.1, 0.15) is 0 Å². The summed E-state index contributed by atoms with van der Waals surface area (Å²) in [6.07, 6.45) is 0. The molecule has 0 saturated carbocycles. The molecule has 0 saturated heterocycles. The van der Waals surface area contributed by atoms with E-state index in [0.717, 1.165) is 0 Å². The van der Waals surface area contributed by atoms with Crippen molar-refractivity contribution < 1.29 is 23.5 Å². The molecule has 0 rings (SSSR count). The molecule has 0 spiro atoms. The van der Waals surface area contributed by atoms with Crippen LogP contribution in [-0.2, 0) is 19.1 Å². The number of carbonyl (C=O) groups excluding carboxylic acids is 2. The summed E-state index contributed by atoms with van der Waals surface area (Å²) < 4.78 is 20.3. The SMILES string of the molecule is C=C(OC)C(=O)OC(=O)C(F)Br. The molecule has 0 aliphatic heterocycles. The van der Waals surface area contributed by atoms with E-state index in [0.29, 0.717) is 0 Å². The molecule has 0 bridgehead atoms. The molecule has 1 unspecified atom stereocenters. The lowest BCUT2D eigenvalue weighted by molar-refractivity contribution is -0.160. The second-order valence-corrected chi connectivity index (χ2v) is 2.44. The van der Waals surface area contributed by atoms with Gasteiger partial charge in [-0.3, -0.25) is 0 Å². The van der Waals surface area contributed by atoms with Crippen molar-refractivity contribution >= 4 is 27.9 Å². The Hall–Kier alpha value is -0.910. The number of esters is 2. The molecular weight excluding hydrogens is 235 g/mol. The smallest absolute Gasteiger partial charge is 0.380 e. The highest BCUT2D eigenvalue weighted by Gasteiger charge is 2.20. The monoisotopic (exact) mass is 240 g/mol. The third-order valence-corrected chi connectivity index (χ3v) is 1.22. The molecule has 1 atom stereocenters. The number of carbonyl (C=O) groups is 2. The van der Waals surface area contributed by atoms with Gasteiger partial charge in [0.25, 0.3) is 5.08 Å². The van der Waals surface area contributed by atoms with E-state index in [9.17, 15) is 14.0 Å². The maximum absolute atomic E-state index is 12.0. The summed E-state index contributed by atoms with van der Waals surface area (Å²) in [5, 5.41) is -2.02. The van der Waals surface area contributed by atoms with Gasteiger partial charge in [0, 0.05) is 0 Å². The maximum Gasteiger partial charge on any atom is 0.380 e. The van der Waals surface area contributed by atoms with Gasteiger partial charge in [-0.15, -0.1) is 0 Å². The first kappa shape index (κ1) is 11.1. The van der Waals surface area contributed by atoms with Crippen molar-refractivity contribution in [2.45, 2.75) is 5.08 Å². The Morgan fingerprint density at radius 2 is 2.08 bits per heavy atom. The largest absolute Gasteiger partial charge is 0.490 e. The summed E-state index contributed by atoms with van der Waals surface area (Å²) in [6.45, 7) is 3.10. The van der Waals surface area contributed by atoms with Crippen molar-refractivity contribution in [3.63, 3.8) is 0 Å². The first-order valence-electron chi connectivity index (χ1n) is 2.76. The summed E-state index contributed by atoms with van der Waals surface area (Å²) in [5.74, 6) is -2.81. The maximum atomic E-state index is 12.0. The molecule has 68 valence electrons. The van der Waals surface area contributed by atoms with Crippen LogP contribution < -0.4 is 0 Å². The Labute approximate surface area is 76.5 Å². The van der Waals surface area contributed by atoms with Crippen LogP contribution in [0.25, 0.3) is 0 Å². The number of hydrogen-bond donors (Lipinski definition) is 0. The van der Waals surface area contributed by atoms with Gasteiger partial charge < -0.3 is 9.47 Å². The summed E-state index contributed by atoms with van der Waals surface area (Å²) in [7, 11) is 1.18. The molecule has 0 aromatic rings. The number of alkyl halides is 2. The fourth-order valence-electron chi connectivity index (χ4n) is 0.276. The molecule has 0 N–H and O–H groups in total. The van der Waals surface area contributed by atoms with Crippen LogP contribution >= 0.6 is 15.9 Å². The van der Waals surface area contributed by atoms with Crippen LogP contribution in [0.5, 0.6) is 0 Å². The fourth-order valence-corrected chi connectivity index (χ4v) is 0.370. The number of rotatable bonds is 3. The molecule has 0 aliphatic carbocycles. The van der Waals surface area contributed by atoms with E-state index in [4.69, 9.17) is 0 Å². The first-order valence-corrected chi connectivity index (χ1v) is 3.67. The number of hydrogen-bond acceptors (Lipinski definition) is 4. The minimum Gasteiger partial charge on any atom is -0.490 e. The van der Waals surface area contributed by atoms with E-state index in [2.05, 4.69) is 32.0 Å². The van der Waals surface area contributed by atoms with Crippen LogP contribution in [0.4, 0.5) is 4.39 Å². The zero-order valence-electron chi connectivity index (χ0n) is 6.17. The van der Waals surface area contributed by atoms with Gasteiger partial charge in [-0.25, -0.2) is 14.0 Å². The first-order chi connectivity index (χ1) is 5.49. The standard InChI is InChI=1S/C6H6BrFO4/c1-3(11-2)5(9)12-6(10)4(7)8/h4H,1H2,2H3. The Kier molecular flexibility index (Phi) is 4.50. The van der Waals surface area contributed by atoms with Crippen molar-refractivity contribution in [2.75, 3.05) is 7.11 Å². The molecule has 4 nitrogen and oxygen atoms in total. The predicted molar refractivity (Wildman–Crippen MR) is 41.1 cm³/mol. The number of ether oxygens (including phenoxy) is 2. The molecule has 0 heterocycles. The van der Waals surface area contributed by atoms with Crippen molar-refractivity contribution in [3.05, 3.63) is 12.3 Å². The van der Waals surface area contributed by atoms with Gasteiger partial charge in [0.2, 0.25) is 0 Å². The summed E-state index contributed by atoms with van der Waals surface area (Å²) >= 11 is 2.28. The Bertz CT molecular complexity index is 214. The van der Waals surface area contributed by atoms with Crippen molar-refractivity contribution in [3.8, 4) is 0 Å². The van der Waals surface area contributed by atoms with Gasteiger partial charge >= 0.3 is 11.9 Å². The molecule has 6 heteroatoms. The van der Waals surface area contributed by atoms with Gasteiger partial charge in [-0.1, -0.05) is 0 Å². The normalized spacial score (nSPS) is 11.6. The fraction of sp³-hybridized carbons (Fsp3) is 0.333. The lowest BCUT2D eigenvalue weighted by atomic mass is 10.6. The molecule has 0 aromatic carbocycles. The molecule has 0 radical (unpaired) electrons. The summed E-state index contributed by atoms with van der Waals surface area (Å²) in [6, 6.07) is 0. The summed E-state index contributed by atoms with van der Waals surface area (Å²) in [5.41, 5.74) is 0. The van der Waals surface area contributed by atoms with E-state index < -0.39 is 17.0 Å². The summed E-state index contributed by atoms with van der Waals surface area (Å²) in [4.78, 5) is 21.0. The number of methoxy groups -OCH3 is 1. The Morgan fingerprint density at radius 1 is 1.58 bits per heavy atom. The van der Waals surface area contributed by atoms with E-state index in [-0.39, 0.29) is 5.76 Å². The third-order valence-electron chi connectivity index (χ3n) is 0.846. The Morgan fingerprint density at radius 3 is 2.42 bits per heavy atom. The topological polar surface area (TPSA) is 52.6 Å². The van der Waals surface area contributed by atoms with Crippen LogP contribution in [0.15, 0.2) is 12.3 Å². The van der Waals surface area contributed by atoms with Crippen LogP contribution in [0.3, 0.4) is 0 Å². The lowest BCUT2D eigenvalue weighted by Crippen LogP contribution is -2.19. The molecule has 0 aromatic heterocycles. The van der Waals surface area contributed by atoms with Gasteiger partial charge in [-0.2, -0.15) is 0 Å². The van der Waals surface area contributed by atoms with Crippen molar-refractivity contribution in [2.24, 2.45) is 0 Å². The van der Waals surface area contributed by atoms with Crippen molar-refractivity contribution in [1.82, 2.24) is 0 Å². The second kappa shape index (κ2) is 4.87. The minimum absolute atomic E-state index is 0.364. The van der Waals surface area contributed by atoms with E-state index in [1.807, 2.05) is 0 Å². The average molecular weight is 241 g/mol. The zero-order valence-corrected chi connectivity index (χ0v) is 7.76. The number of halogens is 2. The van der Waals surface area contributed by atoms with Gasteiger partial charge in [-0.05, 0) is 22.5 Å². The van der Waals surface area contributed by atoms with Gasteiger partial charge in [0.05, 0.1) is 7.11 Å². The van der Waals surface area contributed by atoms with E-state index >= 15 is 0 Å². The predicted octanol–water partition coefficient (Wildman–Crippen LogP) is 0.907. The van der Waals surface area contributed by atoms with Gasteiger partial charge in [0.15, 0.2) is 5.76 Å². The Balaban J connectivity index is 4.02. The molecule has 0 amide bonds. The molecule has 12 heavy (non-hydrogen) atoms. The van der Waals surface area contributed by atoms with Crippen LogP contribution in [0.2, 0.25) is 0 Å². The quantitative estimate of drug-likeness (QED) is 0.242. The zero-order chi connectivity index (χ0) is 9.72. The third kappa shape index (κ3) is 3.47. The van der Waals surface area contributed by atoms with Crippen LogP contribution in [0, 0.1) is 0 Å². The van der Waals surface area contributed by atoms with Crippen LogP contribution in [-0.4, -0.2) is 24.1 Å². The lowest BCUT2D eigenvalue weighted by Gasteiger charge is -2.03. The second-order valence-electron chi connectivity index (χ2n) is 1.64. The highest BCUT2D eigenvalue weighted by molar-refractivity contribution is 9.09. The minimum atomic E-state index is -2.02. The highest BCUT2D eigenvalue weighted by atomic mass is 79.9. The van der Waals surface area contributed by atoms with E-state index in [1.54, 1.807) is 0 Å². The van der Waals surface area contributed by atoms with E-state index in [1.165, 1.54) is 7.11 Å². The average Bonchev–Trinajstić information content (AvgIpc) is 2.02. The van der Waals surface area contributed by atoms with Crippen molar-refractivity contribution in [1.29, 1.82) is 0 Å². The molecule has 0 aliphatic rings. The highest BCUT2D eigenvalue weighted by Crippen LogP contribution is 2.05. The van der Waals surface area contributed by atoms with Crippen LogP contribution in [0.1, 0.15) is 0 Å². The molecule has 0 fully saturated rings. The molecular formula is C6H6BrFO4.